The first-order chi connectivity index (χ1) is 9.63. The lowest BCUT2D eigenvalue weighted by Crippen LogP contribution is -2.64. The van der Waals surface area contributed by atoms with E-state index in [-0.39, 0.29) is 27.8 Å². The van der Waals surface area contributed by atoms with E-state index in [9.17, 15) is 4.79 Å². The van der Waals surface area contributed by atoms with Crippen LogP contribution in [0, 0.1) is 16.2 Å². The third kappa shape index (κ3) is 2.44. The number of ether oxygens (including phenoxy) is 2. The molecule has 4 fully saturated rings. The highest BCUT2D eigenvalue weighted by Gasteiger charge is 2.67. The molecule has 4 bridgehead atoms. The van der Waals surface area contributed by atoms with Gasteiger partial charge in [0.1, 0.15) is 5.60 Å². The molecule has 0 aromatic heterocycles. The van der Waals surface area contributed by atoms with E-state index in [2.05, 4.69) is 20.4 Å². The van der Waals surface area contributed by atoms with Crippen molar-refractivity contribution < 1.29 is 14.3 Å². The summed E-state index contributed by atoms with van der Waals surface area (Å²) in [6.07, 6.45) is 6.61. The Morgan fingerprint density at radius 1 is 1.05 bits per heavy atom. The van der Waals surface area contributed by atoms with E-state index in [0.29, 0.717) is 5.57 Å². The Kier molecular flexibility index (Phi) is 3.12. The molecule has 4 saturated carbocycles. The van der Waals surface area contributed by atoms with Crippen LogP contribution in [0.3, 0.4) is 0 Å². The Hall–Kier alpha value is -0.830. The molecule has 0 N–H and O–H groups in total. The second kappa shape index (κ2) is 4.34. The van der Waals surface area contributed by atoms with E-state index in [1.807, 2.05) is 0 Å². The zero-order chi connectivity index (χ0) is 15.5. The SMILES string of the molecule is C=C(C)C(=O)OC12CC3(C)CC(C)(CC(COC)(C3)C1)C2. The topological polar surface area (TPSA) is 35.5 Å². The predicted octanol–water partition coefficient (Wildman–Crippen LogP) is 3.87. The van der Waals surface area contributed by atoms with Crippen molar-refractivity contribution >= 4 is 5.97 Å². The van der Waals surface area contributed by atoms with E-state index < -0.39 is 0 Å². The van der Waals surface area contributed by atoms with Gasteiger partial charge in [-0.1, -0.05) is 20.4 Å². The summed E-state index contributed by atoms with van der Waals surface area (Å²) in [6.45, 7) is 11.0. The van der Waals surface area contributed by atoms with Crippen molar-refractivity contribution in [1.82, 2.24) is 0 Å². The minimum absolute atomic E-state index is 0.183. The zero-order valence-corrected chi connectivity index (χ0v) is 13.9. The molecule has 0 saturated heterocycles. The highest BCUT2D eigenvalue weighted by atomic mass is 16.6. The van der Waals surface area contributed by atoms with Crippen LogP contribution < -0.4 is 0 Å². The Labute approximate surface area is 128 Å². The fourth-order valence-corrected chi connectivity index (χ4v) is 6.68. The van der Waals surface area contributed by atoms with Gasteiger partial charge in [-0.05, 0) is 61.7 Å². The molecule has 0 aliphatic heterocycles. The number of esters is 1. The molecule has 4 aliphatic rings. The molecule has 21 heavy (non-hydrogen) atoms. The van der Waals surface area contributed by atoms with Crippen molar-refractivity contribution in [3.63, 3.8) is 0 Å². The van der Waals surface area contributed by atoms with Gasteiger partial charge < -0.3 is 9.47 Å². The minimum Gasteiger partial charge on any atom is -0.456 e. The van der Waals surface area contributed by atoms with Gasteiger partial charge in [0.25, 0.3) is 0 Å². The average Bonchev–Trinajstić information content (AvgIpc) is 2.22. The number of hydrogen-bond donors (Lipinski definition) is 0. The van der Waals surface area contributed by atoms with Crippen LogP contribution in [0.1, 0.15) is 59.3 Å². The molecule has 2 unspecified atom stereocenters. The van der Waals surface area contributed by atoms with Gasteiger partial charge in [0, 0.05) is 12.7 Å². The second-order valence-electron chi connectivity index (χ2n) is 8.97. The number of methoxy groups -OCH3 is 1. The first-order valence-corrected chi connectivity index (χ1v) is 8.01. The molecule has 0 aromatic carbocycles. The molecular weight excluding hydrogens is 264 g/mol. The molecule has 0 aromatic rings. The Morgan fingerprint density at radius 3 is 2.10 bits per heavy atom. The Bertz CT molecular complexity index is 475. The van der Waals surface area contributed by atoms with Crippen molar-refractivity contribution in [1.29, 1.82) is 0 Å². The van der Waals surface area contributed by atoms with Gasteiger partial charge in [0.05, 0.1) is 6.61 Å². The second-order valence-corrected chi connectivity index (χ2v) is 8.97. The summed E-state index contributed by atoms with van der Waals surface area (Å²) in [4.78, 5) is 12.1. The molecule has 3 nitrogen and oxygen atoms in total. The van der Waals surface area contributed by atoms with Crippen LogP contribution in [-0.2, 0) is 14.3 Å². The average molecular weight is 292 g/mol. The van der Waals surface area contributed by atoms with Crippen LogP contribution in [0.2, 0.25) is 0 Å². The maximum atomic E-state index is 12.1. The maximum Gasteiger partial charge on any atom is 0.333 e. The lowest BCUT2D eigenvalue weighted by molar-refractivity contribution is -0.245. The van der Waals surface area contributed by atoms with Crippen LogP contribution in [0.5, 0.6) is 0 Å². The van der Waals surface area contributed by atoms with Crippen molar-refractivity contribution in [2.45, 2.75) is 64.9 Å². The fraction of sp³-hybridized carbons (Fsp3) is 0.833. The van der Waals surface area contributed by atoms with Gasteiger partial charge in [-0.15, -0.1) is 0 Å². The summed E-state index contributed by atoms with van der Waals surface area (Å²) in [6, 6.07) is 0. The zero-order valence-electron chi connectivity index (χ0n) is 13.9. The molecule has 118 valence electrons. The summed E-state index contributed by atoms with van der Waals surface area (Å²) >= 11 is 0. The molecule has 0 amide bonds. The number of carbonyl (C=O) groups is 1. The van der Waals surface area contributed by atoms with Gasteiger partial charge >= 0.3 is 5.97 Å². The van der Waals surface area contributed by atoms with Crippen LogP contribution in [-0.4, -0.2) is 25.3 Å². The summed E-state index contributed by atoms with van der Waals surface area (Å²) in [5.41, 5.74) is 0.936. The lowest BCUT2D eigenvalue weighted by atomic mass is 9.39. The third-order valence-corrected chi connectivity index (χ3v) is 5.76. The van der Waals surface area contributed by atoms with Gasteiger partial charge in [0.15, 0.2) is 0 Å². The highest BCUT2D eigenvalue weighted by molar-refractivity contribution is 5.87. The first-order valence-electron chi connectivity index (χ1n) is 8.01. The normalized spacial score (nSPS) is 47.4. The van der Waals surface area contributed by atoms with Crippen LogP contribution >= 0.6 is 0 Å². The van der Waals surface area contributed by atoms with Crippen LogP contribution in [0.25, 0.3) is 0 Å². The van der Waals surface area contributed by atoms with Crippen molar-refractivity contribution in [2.75, 3.05) is 13.7 Å². The van der Waals surface area contributed by atoms with E-state index in [4.69, 9.17) is 9.47 Å². The van der Waals surface area contributed by atoms with Gasteiger partial charge in [-0.2, -0.15) is 0 Å². The predicted molar refractivity (Wildman–Crippen MR) is 81.9 cm³/mol. The van der Waals surface area contributed by atoms with E-state index in [1.54, 1.807) is 14.0 Å². The number of rotatable bonds is 4. The lowest BCUT2D eigenvalue weighted by Gasteiger charge is -2.68. The Morgan fingerprint density at radius 2 is 1.62 bits per heavy atom. The summed E-state index contributed by atoms with van der Waals surface area (Å²) in [7, 11) is 1.79. The maximum absolute atomic E-state index is 12.1. The first kappa shape index (κ1) is 15.1. The molecule has 4 aliphatic carbocycles. The molecule has 0 spiro atoms. The monoisotopic (exact) mass is 292 g/mol. The molecule has 4 rings (SSSR count). The van der Waals surface area contributed by atoms with E-state index in [0.717, 1.165) is 25.9 Å². The van der Waals surface area contributed by atoms with Crippen molar-refractivity contribution in [2.24, 2.45) is 16.2 Å². The molecule has 2 atom stereocenters. The van der Waals surface area contributed by atoms with Crippen LogP contribution in [0.15, 0.2) is 12.2 Å². The van der Waals surface area contributed by atoms with E-state index in [1.165, 1.54) is 19.3 Å². The molecular formula is C18H28O3. The fourth-order valence-electron chi connectivity index (χ4n) is 6.68. The van der Waals surface area contributed by atoms with Gasteiger partial charge in [0.2, 0.25) is 0 Å². The minimum atomic E-state index is -0.299. The largest absolute Gasteiger partial charge is 0.456 e. The standard InChI is InChI=1S/C18H28O3/c1-13(2)14(19)21-18-9-15(3)6-16(4,10-18)8-17(7-15,11-18)12-20-5/h1,6-12H2,2-5H3. The highest BCUT2D eigenvalue weighted by Crippen LogP contribution is 2.71. The molecule has 0 radical (unpaired) electrons. The van der Waals surface area contributed by atoms with Gasteiger partial charge in [-0.3, -0.25) is 0 Å². The number of hydrogen-bond acceptors (Lipinski definition) is 3. The smallest absolute Gasteiger partial charge is 0.333 e. The van der Waals surface area contributed by atoms with E-state index >= 15 is 0 Å². The van der Waals surface area contributed by atoms with Crippen molar-refractivity contribution in [3.05, 3.63) is 12.2 Å². The van der Waals surface area contributed by atoms with Crippen LogP contribution in [0.4, 0.5) is 0 Å². The number of carbonyl (C=O) groups excluding carboxylic acids is 1. The Balaban J connectivity index is 1.95. The quantitative estimate of drug-likeness (QED) is 0.583. The summed E-state index contributed by atoms with van der Waals surface area (Å²) in [5.74, 6) is -0.225. The summed E-state index contributed by atoms with van der Waals surface area (Å²) < 4.78 is 11.6. The molecule has 0 heterocycles. The third-order valence-electron chi connectivity index (χ3n) is 5.76. The van der Waals surface area contributed by atoms with Crippen molar-refractivity contribution in [3.8, 4) is 0 Å². The van der Waals surface area contributed by atoms with Gasteiger partial charge in [-0.25, -0.2) is 4.79 Å². The molecule has 3 heteroatoms. The summed E-state index contributed by atoms with van der Waals surface area (Å²) in [5, 5.41) is 0.